The lowest BCUT2D eigenvalue weighted by Crippen LogP contribution is -2.34. The average Bonchev–Trinajstić information content (AvgIpc) is 2.74. The summed E-state index contributed by atoms with van der Waals surface area (Å²) in [5.74, 6) is -0.727. The third-order valence-electron chi connectivity index (χ3n) is 4.52. The van der Waals surface area contributed by atoms with Crippen LogP contribution in [0.25, 0.3) is 11.4 Å². The second kappa shape index (κ2) is 9.71. The van der Waals surface area contributed by atoms with Gasteiger partial charge < -0.3 is 19.5 Å². The standard InChI is InChI=1S/C22H22N2O6/c1-16(25)30-18-7-10-22(26)19(15-18)21(24(27)28)9-8-20(17-5-3-2-4-6-17)23-11-13-29-14-12-23/h2-10,15,26H,11-14H2,1H3/b20-8+,21-9+. The number of benzene rings is 2. The van der Waals surface area contributed by atoms with Crippen molar-refractivity contribution in [3.63, 3.8) is 0 Å². The van der Waals surface area contributed by atoms with Crippen molar-refractivity contribution >= 4 is 17.4 Å². The molecule has 0 atom stereocenters. The first-order valence-electron chi connectivity index (χ1n) is 9.42. The third-order valence-corrected chi connectivity index (χ3v) is 4.52. The van der Waals surface area contributed by atoms with Crippen LogP contribution in [0.4, 0.5) is 0 Å². The summed E-state index contributed by atoms with van der Waals surface area (Å²) >= 11 is 0. The molecule has 8 nitrogen and oxygen atoms in total. The maximum absolute atomic E-state index is 11.8. The summed E-state index contributed by atoms with van der Waals surface area (Å²) in [7, 11) is 0. The van der Waals surface area contributed by atoms with Gasteiger partial charge in [-0.2, -0.15) is 0 Å². The number of carbonyl (C=O) groups is 1. The summed E-state index contributed by atoms with van der Waals surface area (Å²) in [5, 5.41) is 22.0. The number of ether oxygens (including phenoxy) is 2. The summed E-state index contributed by atoms with van der Waals surface area (Å²) < 4.78 is 10.4. The first-order valence-corrected chi connectivity index (χ1v) is 9.42. The molecule has 0 aromatic heterocycles. The third kappa shape index (κ3) is 5.24. The van der Waals surface area contributed by atoms with Crippen molar-refractivity contribution in [2.45, 2.75) is 6.92 Å². The van der Waals surface area contributed by atoms with Crippen LogP contribution in [0.15, 0.2) is 60.7 Å². The molecule has 0 spiro atoms. The van der Waals surface area contributed by atoms with E-state index in [4.69, 9.17) is 9.47 Å². The number of phenolic OH excluding ortho intramolecular Hbond substituents is 1. The van der Waals surface area contributed by atoms with Gasteiger partial charge in [0.25, 0.3) is 5.70 Å². The van der Waals surface area contributed by atoms with Gasteiger partial charge in [0, 0.05) is 31.8 Å². The molecule has 0 saturated carbocycles. The summed E-state index contributed by atoms with van der Waals surface area (Å²) in [6.07, 6.45) is 3.02. The van der Waals surface area contributed by atoms with E-state index in [1.807, 2.05) is 30.3 Å². The topological polar surface area (TPSA) is 102 Å². The average molecular weight is 410 g/mol. The zero-order valence-electron chi connectivity index (χ0n) is 16.5. The molecule has 1 fully saturated rings. The van der Waals surface area contributed by atoms with Crippen molar-refractivity contribution < 1.29 is 24.3 Å². The van der Waals surface area contributed by atoms with E-state index in [0.717, 1.165) is 11.3 Å². The first-order chi connectivity index (χ1) is 14.5. The maximum Gasteiger partial charge on any atom is 0.308 e. The van der Waals surface area contributed by atoms with Crippen molar-refractivity contribution in [3.8, 4) is 11.5 Å². The molecule has 0 unspecified atom stereocenters. The predicted octanol–water partition coefficient (Wildman–Crippen LogP) is 3.31. The predicted molar refractivity (Wildman–Crippen MR) is 111 cm³/mol. The number of esters is 1. The molecule has 0 radical (unpaired) electrons. The molecule has 8 heteroatoms. The molecule has 3 rings (SSSR count). The highest BCUT2D eigenvalue weighted by atomic mass is 16.6. The lowest BCUT2D eigenvalue weighted by atomic mass is 10.1. The molecule has 1 aliphatic heterocycles. The highest BCUT2D eigenvalue weighted by molar-refractivity contribution is 5.74. The zero-order chi connectivity index (χ0) is 21.5. The minimum atomic E-state index is -0.578. The van der Waals surface area contributed by atoms with E-state index in [2.05, 4.69) is 4.90 Å². The van der Waals surface area contributed by atoms with Crippen LogP contribution in [0.5, 0.6) is 11.5 Å². The van der Waals surface area contributed by atoms with Gasteiger partial charge in [-0.1, -0.05) is 30.3 Å². The molecule has 2 aromatic rings. The van der Waals surface area contributed by atoms with E-state index in [0.29, 0.717) is 26.3 Å². The summed E-state index contributed by atoms with van der Waals surface area (Å²) in [6, 6.07) is 13.5. The largest absolute Gasteiger partial charge is 0.507 e. The number of rotatable bonds is 6. The van der Waals surface area contributed by atoms with Crippen LogP contribution < -0.4 is 4.74 Å². The fraction of sp³-hybridized carbons (Fsp3) is 0.227. The number of hydrogen-bond acceptors (Lipinski definition) is 7. The second-order valence-corrected chi connectivity index (χ2v) is 6.60. The maximum atomic E-state index is 11.8. The van der Waals surface area contributed by atoms with Crippen molar-refractivity contribution in [1.29, 1.82) is 0 Å². The van der Waals surface area contributed by atoms with E-state index >= 15 is 0 Å². The normalized spacial score (nSPS) is 15.0. The summed E-state index contributed by atoms with van der Waals surface area (Å²) in [4.78, 5) is 24.5. The number of morpholine rings is 1. The number of phenols is 1. The molecule has 1 N–H and O–H groups in total. The minimum Gasteiger partial charge on any atom is -0.507 e. The van der Waals surface area contributed by atoms with Gasteiger partial charge >= 0.3 is 5.97 Å². The van der Waals surface area contributed by atoms with E-state index in [1.54, 1.807) is 6.08 Å². The SMILES string of the molecule is CC(=O)Oc1ccc(O)c(/C(=C\C=C(/c2ccccc2)N2CCOCC2)[N+](=O)[O-])c1. The first kappa shape index (κ1) is 21.1. The van der Waals surface area contributed by atoms with Crippen LogP contribution in [-0.4, -0.2) is 47.2 Å². The van der Waals surface area contributed by atoms with Gasteiger partial charge in [-0.15, -0.1) is 0 Å². The molecular formula is C22H22N2O6. The Morgan fingerprint density at radius 3 is 2.50 bits per heavy atom. The summed E-state index contributed by atoms with van der Waals surface area (Å²) in [5.41, 5.74) is 1.37. The van der Waals surface area contributed by atoms with Crippen LogP contribution >= 0.6 is 0 Å². The Balaban J connectivity index is 2.05. The monoisotopic (exact) mass is 410 g/mol. The minimum absolute atomic E-state index is 0.0376. The smallest absolute Gasteiger partial charge is 0.308 e. The van der Waals surface area contributed by atoms with Crippen LogP contribution in [-0.2, 0) is 9.53 Å². The molecular weight excluding hydrogens is 388 g/mol. The second-order valence-electron chi connectivity index (χ2n) is 6.60. The molecule has 0 bridgehead atoms. The summed E-state index contributed by atoms with van der Waals surface area (Å²) in [6.45, 7) is 3.70. The van der Waals surface area contributed by atoms with Crippen LogP contribution in [0.2, 0.25) is 0 Å². The van der Waals surface area contributed by atoms with E-state index in [9.17, 15) is 20.0 Å². The number of nitro groups is 1. The zero-order valence-corrected chi connectivity index (χ0v) is 16.5. The van der Waals surface area contributed by atoms with E-state index in [-0.39, 0.29) is 22.8 Å². The van der Waals surface area contributed by atoms with Crippen LogP contribution in [0.3, 0.4) is 0 Å². The fourth-order valence-electron chi connectivity index (χ4n) is 3.15. The van der Waals surface area contributed by atoms with Crippen molar-refractivity contribution in [2.75, 3.05) is 26.3 Å². The number of allylic oxidation sites excluding steroid dienone is 2. The van der Waals surface area contributed by atoms with Gasteiger partial charge in [-0.25, -0.2) is 0 Å². The molecule has 0 amide bonds. The fourth-order valence-corrected chi connectivity index (χ4v) is 3.15. The van der Waals surface area contributed by atoms with Crippen molar-refractivity contribution in [1.82, 2.24) is 4.90 Å². The molecule has 1 aliphatic rings. The molecule has 2 aromatic carbocycles. The molecule has 1 saturated heterocycles. The Morgan fingerprint density at radius 1 is 1.17 bits per heavy atom. The van der Waals surface area contributed by atoms with Gasteiger partial charge in [-0.05, 0) is 29.8 Å². The van der Waals surface area contributed by atoms with E-state index in [1.165, 1.54) is 31.2 Å². The molecule has 156 valence electrons. The number of carbonyl (C=O) groups excluding carboxylic acids is 1. The van der Waals surface area contributed by atoms with Gasteiger partial charge in [0.05, 0.1) is 23.7 Å². The number of aromatic hydroxyl groups is 1. The Bertz CT molecular complexity index is 978. The molecule has 0 aliphatic carbocycles. The van der Waals surface area contributed by atoms with E-state index < -0.39 is 10.9 Å². The van der Waals surface area contributed by atoms with Crippen molar-refractivity contribution in [2.24, 2.45) is 0 Å². The quantitative estimate of drug-likeness (QED) is 0.256. The van der Waals surface area contributed by atoms with Gasteiger partial charge in [0.15, 0.2) is 0 Å². The van der Waals surface area contributed by atoms with Gasteiger partial charge in [0.1, 0.15) is 11.5 Å². The van der Waals surface area contributed by atoms with Crippen LogP contribution in [0.1, 0.15) is 18.1 Å². The number of nitrogens with zero attached hydrogens (tertiary/aromatic N) is 2. The van der Waals surface area contributed by atoms with Gasteiger partial charge in [-0.3, -0.25) is 14.9 Å². The Kier molecular flexibility index (Phi) is 6.82. The van der Waals surface area contributed by atoms with Gasteiger partial charge in [0.2, 0.25) is 0 Å². The Labute approximate surface area is 173 Å². The Hall–Kier alpha value is -3.65. The Morgan fingerprint density at radius 2 is 1.87 bits per heavy atom. The highest BCUT2D eigenvalue weighted by Gasteiger charge is 2.21. The van der Waals surface area contributed by atoms with Crippen LogP contribution in [0, 0.1) is 10.1 Å². The highest BCUT2D eigenvalue weighted by Crippen LogP contribution is 2.31. The lowest BCUT2D eigenvalue weighted by Gasteiger charge is -2.31. The van der Waals surface area contributed by atoms with Crippen molar-refractivity contribution in [3.05, 3.63) is 81.9 Å². The molecule has 30 heavy (non-hydrogen) atoms. The number of hydrogen-bond donors (Lipinski definition) is 1. The molecule has 1 heterocycles. The lowest BCUT2D eigenvalue weighted by molar-refractivity contribution is -0.375.